The summed E-state index contributed by atoms with van der Waals surface area (Å²) in [5, 5.41) is 0.593. The number of likely N-dealkylation sites (tertiary alicyclic amines) is 1. The molecule has 1 amide bonds. The number of rotatable bonds is 2. The molecule has 1 saturated heterocycles. The Labute approximate surface area is 173 Å². The summed E-state index contributed by atoms with van der Waals surface area (Å²) in [4.78, 5) is 16.4. The van der Waals surface area contributed by atoms with Gasteiger partial charge in [-0.2, -0.15) is 0 Å². The molecule has 152 valence electrons. The number of carbonyl (C=O) groups is 1. The molecule has 0 aromatic carbocycles. The molecule has 0 radical (unpaired) electrons. The lowest BCUT2D eigenvalue weighted by Crippen LogP contribution is -2.50. The van der Waals surface area contributed by atoms with Crippen LogP contribution in [0.25, 0.3) is 0 Å². The Hall–Kier alpha value is -1.66. The smallest absolute Gasteiger partial charge is 0.259 e. The second kappa shape index (κ2) is 6.99. The summed E-state index contributed by atoms with van der Waals surface area (Å²) >= 11 is 5.61. The van der Waals surface area contributed by atoms with Gasteiger partial charge in [-0.15, -0.1) is 0 Å². The first kappa shape index (κ1) is 19.6. The van der Waals surface area contributed by atoms with Gasteiger partial charge in [-0.25, -0.2) is 0 Å². The van der Waals surface area contributed by atoms with Crippen LogP contribution < -0.4 is 0 Å². The third-order valence-corrected chi connectivity index (χ3v) is 7.64. The second-order valence-electron chi connectivity index (χ2n) is 8.75. The van der Waals surface area contributed by atoms with Crippen LogP contribution in [-0.4, -0.2) is 60.3 Å². The number of hydrogen-bond acceptors (Lipinski definition) is 4. The van der Waals surface area contributed by atoms with Gasteiger partial charge in [0.1, 0.15) is 12.2 Å². The second-order valence-corrected chi connectivity index (χ2v) is 9.09. The molecular formula is C22H30N2O3S. The minimum atomic E-state index is -0.162. The summed E-state index contributed by atoms with van der Waals surface area (Å²) in [5.74, 6) is 0.292. The van der Waals surface area contributed by atoms with Crippen molar-refractivity contribution in [2.75, 3.05) is 27.2 Å². The van der Waals surface area contributed by atoms with Gasteiger partial charge in [0, 0.05) is 49.9 Å². The van der Waals surface area contributed by atoms with Crippen LogP contribution in [0.4, 0.5) is 0 Å². The first-order chi connectivity index (χ1) is 13.3. The van der Waals surface area contributed by atoms with Crippen molar-refractivity contribution in [1.29, 1.82) is 0 Å². The van der Waals surface area contributed by atoms with E-state index in [1.165, 1.54) is 18.4 Å². The summed E-state index contributed by atoms with van der Waals surface area (Å²) in [6.45, 7) is 8.40. The fourth-order valence-corrected chi connectivity index (χ4v) is 5.41. The van der Waals surface area contributed by atoms with E-state index in [9.17, 15) is 4.79 Å². The van der Waals surface area contributed by atoms with E-state index in [4.69, 9.17) is 21.7 Å². The van der Waals surface area contributed by atoms with Gasteiger partial charge in [0.05, 0.1) is 0 Å². The first-order valence-electron chi connectivity index (χ1n) is 10.2. The largest absolute Gasteiger partial charge is 0.464 e. The first-order valence-corrected chi connectivity index (χ1v) is 10.6. The molecule has 0 unspecified atom stereocenters. The Morgan fingerprint density at radius 3 is 2.64 bits per heavy atom. The van der Waals surface area contributed by atoms with Crippen LogP contribution in [0, 0.1) is 11.3 Å². The molecule has 2 heterocycles. The van der Waals surface area contributed by atoms with Gasteiger partial charge >= 0.3 is 0 Å². The molecule has 2 aliphatic heterocycles. The Balaban J connectivity index is 1.68. The molecule has 2 aliphatic carbocycles. The molecule has 0 saturated carbocycles. The average Bonchev–Trinajstić information content (AvgIpc) is 3.28. The number of thiocarbonyl (C=S) groups is 1. The molecule has 0 aromatic heterocycles. The molecule has 28 heavy (non-hydrogen) atoms. The fourth-order valence-electron chi connectivity index (χ4n) is 5.12. The van der Waals surface area contributed by atoms with E-state index < -0.39 is 0 Å². The Morgan fingerprint density at radius 2 is 2.00 bits per heavy atom. The third kappa shape index (κ3) is 2.84. The molecular weight excluding hydrogens is 372 g/mol. The predicted octanol–water partition coefficient (Wildman–Crippen LogP) is 3.43. The number of fused-ring (bicyclic) bond motifs is 2. The lowest BCUT2D eigenvalue weighted by atomic mass is 9.59. The van der Waals surface area contributed by atoms with Crippen molar-refractivity contribution in [3.05, 3.63) is 34.6 Å². The molecule has 6 heteroatoms. The number of methoxy groups -OCH3 is 1. The number of hydrogen-bond donors (Lipinski definition) is 0. The minimum Gasteiger partial charge on any atom is -0.464 e. The standard InChI is InChI=1S/C22H30N2O3S/c1-13-16-12-22(3)14(2)19(27-21(28)24-8-6-7-9-24)18(26-5)11-15(22)10-17(16)23(4)20(13)25/h10-11,14,18-19H,6-9,12H2,1-5H3/t14-,18+,19+,22+/m0/s1. The zero-order valence-corrected chi connectivity index (χ0v) is 18.3. The third-order valence-electron chi connectivity index (χ3n) is 7.28. The van der Waals surface area contributed by atoms with E-state index in [1.54, 1.807) is 12.0 Å². The highest BCUT2D eigenvalue weighted by molar-refractivity contribution is 7.80. The van der Waals surface area contributed by atoms with Gasteiger partial charge in [-0.3, -0.25) is 4.79 Å². The fraction of sp³-hybridized carbons (Fsp3) is 0.636. The normalized spacial score (nSPS) is 34.9. The van der Waals surface area contributed by atoms with Gasteiger partial charge in [-0.1, -0.05) is 13.8 Å². The summed E-state index contributed by atoms with van der Waals surface area (Å²) < 4.78 is 12.2. The number of ether oxygens (including phenoxy) is 2. The molecule has 0 bridgehead atoms. The number of nitrogens with zero attached hydrogens (tertiary/aromatic N) is 2. The van der Waals surface area contributed by atoms with Crippen molar-refractivity contribution in [3.8, 4) is 0 Å². The molecule has 4 atom stereocenters. The van der Waals surface area contributed by atoms with E-state index >= 15 is 0 Å². The van der Waals surface area contributed by atoms with Crippen LogP contribution in [-0.2, 0) is 14.3 Å². The number of allylic oxidation sites excluding steroid dienone is 3. The van der Waals surface area contributed by atoms with E-state index in [-0.39, 0.29) is 29.4 Å². The summed E-state index contributed by atoms with van der Waals surface area (Å²) in [6.07, 6.45) is 7.21. The average molecular weight is 403 g/mol. The molecule has 5 nitrogen and oxygen atoms in total. The lowest BCUT2D eigenvalue weighted by Gasteiger charge is -2.49. The Kier molecular flexibility index (Phi) is 4.91. The van der Waals surface area contributed by atoms with E-state index in [0.29, 0.717) is 5.17 Å². The zero-order chi connectivity index (χ0) is 20.2. The van der Waals surface area contributed by atoms with E-state index in [1.807, 2.05) is 14.0 Å². The van der Waals surface area contributed by atoms with Gasteiger partial charge < -0.3 is 19.3 Å². The molecule has 4 rings (SSSR count). The van der Waals surface area contributed by atoms with Crippen LogP contribution >= 0.6 is 12.2 Å². The monoisotopic (exact) mass is 402 g/mol. The molecule has 1 fully saturated rings. The van der Waals surface area contributed by atoms with Crippen molar-refractivity contribution in [1.82, 2.24) is 9.80 Å². The van der Waals surface area contributed by atoms with Crippen molar-refractivity contribution in [2.45, 2.75) is 52.2 Å². The van der Waals surface area contributed by atoms with Gasteiger partial charge in [0.15, 0.2) is 0 Å². The molecule has 0 N–H and O–H groups in total. The molecule has 0 aromatic rings. The zero-order valence-electron chi connectivity index (χ0n) is 17.4. The van der Waals surface area contributed by atoms with Crippen molar-refractivity contribution in [3.63, 3.8) is 0 Å². The van der Waals surface area contributed by atoms with Crippen molar-refractivity contribution < 1.29 is 14.3 Å². The topological polar surface area (TPSA) is 42.0 Å². The maximum Gasteiger partial charge on any atom is 0.259 e. The van der Waals surface area contributed by atoms with Crippen LogP contribution in [0.1, 0.15) is 40.0 Å². The molecule has 0 spiro atoms. The maximum absolute atomic E-state index is 12.5. The van der Waals surface area contributed by atoms with Gasteiger partial charge in [0.25, 0.3) is 11.1 Å². The van der Waals surface area contributed by atoms with E-state index in [0.717, 1.165) is 36.4 Å². The maximum atomic E-state index is 12.5. The Morgan fingerprint density at radius 1 is 1.32 bits per heavy atom. The predicted molar refractivity (Wildman–Crippen MR) is 113 cm³/mol. The van der Waals surface area contributed by atoms with Crippen LogP contribution in [0.2, 0.25) is 0 Å². The number of likely N-dealkylation sites (N-methyl/N-ethyl adjacent to an activating group) is 1. The van der Waals surface area contributed by atoms with Crippen molar-refractivity contribution >= 4 is 23.3 Å². The van der Waals surface area contributed by atoms with Crippen molar-refractivity contribution in [2.24, 2.45) is 11.3 Å². The highest BCUT2D eigenvalue weighted by Crippen LogP contribution is 2.54. The van der Waals surface area contributed by atoms with Crippen LogP contribution in [0.3, 0.4) is 0 Å². The summed E-state index contributed by atoms with van der Waals surface area (Å²) in [7, 11) is 3.58. The Bertz CT molecular complexity index is 809. The van der Waals surface area contributed by atoms with E-state index in [2.05, 4.69) is 30.9 Å². The lowest BCUT2D eigenvalue weighted by molar-refractivity contribution is -0.123. The van der Waals surface area contributed by atoms with Crippen LogP contribution in [0.5, 0.6) is 0 Å². The van der Waals surface area contributed by atoms with Crippen LogP contribution in [0.15, 0.2) is 34.6 Å². The van der Waals surface area contributed by atoms with Gasteiger partial charge in [-0.05, 0) is 61.7 Å². The number of carbonyl (C=O) groups excluding carboxylic acids is 1. The minimum absolute atomic E-state index is 0.100. The number of amides is 1. The highest BCUT2D eigenvalue weighted by Gasteiger charge is 2.51. The quantitative estimate of drug-likeness (QED) is 0.662. The summed E-state index contributed by atoms with van der Waals surface area (Å²) in [5.41, 5.74) is 4.16. The highest BCUT2D eigenvalue weighted by atomic mass is 32.1. The van der Waals surface area contributed by atoms with Gasteiger partial charge in [0.2, 0.25) is 0 Å². The SMILES string of the molecule is CO[C@@H]1C=C2C=C3C(=C(C)C(=O)N3C)C[C@]2(C)[C@@H](C)[C@H]1OC(=S)N1CCCC1. The molecule has 4 aliphatic rings. The summed E-state index contributed by atoms with van der Waals surface area (Å²) in [6, 6.07) is 0.